The van der Waals surface area contributed by atoms with Crippen molar-refractivity contribution in [3.63, 3.8) is 0 Å². The normalized spacial score (nSPS) is 9.58. The summed E-state index contributed by atoms with van der Waals surface area (Å²) in [6.07, 6.45) is 0. The number of nitrogens with one attached hydrogen (secondary N) is 2. The van der Waals surface area contributed by atoms with Gasteiger partial charge in [-0.2, -0.15) is 5.10 Å². The van der Waals surface area contributed by atoms with Gasteiger partial charge in [0.05, 0.1) is 5.69 Å². The number of anilines is 1. The minimum absolute atomic E-state index is 0.238. The summed E-state index contributed by atoms with van der Waals surface area (Å²) in [5.74, 6) is 0.687. The first-order valence-electron chi connectivity index (χ1n) is 3.63. The van der Waals surface area contributed by atoms with Crippen molar-refractivity contribution >= 4 is 11.8 Å². The van der Waals surface area contributed by atoms with Crippen LogP contribution in [0.25, 0.3) is 0 Å². The summed E-state index contributed by atoms with van der Waals surface area (Å²) in [4.78, 5) is 10.9. The van der Waals surface area contributed by atoms with E-state index in [4.69, 9.17) is 0 Å². The average molecular weight is 168 g/mol. The summed E-state index contributed by atoms with van der Waals surface area (Å²) in [7, 11) is 3.34. The Balaban J connectivity index is 2.75. The molecule has 0 radical (unpaired) electrons. The average Bonchev–Trinajstić information content (AvgIpc) is 2.30. The van der Waals surface area contributed by atoms with E-state index in [9.17, 15) is 4.79 Å². The highest BCUT2D eigenvalue weighted by Gasteiger charge is 2.03. The number of hydrogen-bond donors (Lipinski definition) is 2. The summed E-state index contributed by atoms with van der Waals surface area (Å²) in [5.41, 5.74) is 0.879. The van der Waals surface area contributed by atoms with E-state index in [1.54, 1.807) is 24.8 Å². The molecule has 2 N–H and O–H groups in total. The van der Waals surface area contributed by atoms with Crippen LogP contribution in [0.4, 0.5) is 10.6 Å². The molecule has 1 aromatic rings. The van der Waals surface area contributed by atoms with Crippen molar-refractivity contribution in [2.24, 2.45) is 7.05 Å². The van der Waals surface area contributed by atoms with Crippen LogP contribution in [0.15, 0.2) is 6.07 Å². The Kier molecular flexibility index (Phi) is 2.32. The van der Waals surface area contributed by atoms with Crippen LogP contribution in [0.1, 0.15) is 5.69 Å². The Labute approximate surface area is 70.8 Å². The zero-order valence-electron chi connectivity index (χ0n) is 7.38. The zero-order valence-corrected chi connectivity index (χ0v) is 7.38. The fraction of sp³-hybridized carbons (Fsp3) is 0.429. The van der Waals surface area contributed by atoms with Crippen LogP contribution in [0.5, 0.6) is 0 Å². The monoisotopic (exact) mass is 168 g/mol. The third kappa shape index (κ3) is 1.75. The first-order chi connectivity index (χ1) is 5.63. The third-order valence-electron chi connectivity index (χ3n) is 1.47. The molecule has 1 aromatic heterocycles. The number of urea groups is 1. The van der Waals surface area contributed by atoms with Crippen molar-refractivity contribution in [1.82, 2.24) is 15.1 Å². The van der Waals surface area contributed by atoms with Crippen molar-refractivity contribution in [2.45, 2.75) is 6.92 Å². The third-order valence-corrected chi connectivity index (χ3v) is 1.47. The van der Waals surface area contributed by atoms with Gasteiger partial charge in [0, 0.05) is 20.2 Å². The molecule has 0 unspecified atom stereocenters. The van der Waals surface area contributed by atoms with E-state index < -0.39 is 0 Å². The summed E-state index contributed by atoms with van der Waals surface area (Å²) < 4.78 is 1.62. The second-order valence-electron chi connectivity index (χ2n) is 2.50. The molecule has 0 saturated heterocycles. The lowest BCUT2D eigenvalue weighted by atomic mass is 10.5. The maximum atomic E-state index is 10.9. The van der Waals surface area contributed by atoms with Crippen LogP contribution >= 0.6 is 0 Å². The number of carbonyl (C=O) groups excluding carboxylic acids is 1. The van der Waals surface area contributed by atoms with E-state index in [1.165, 1.54) is 0 Å². The molecule has 0 aliphatic carbocycles. The molecule has 0 atom stereocenters. The van der Waals surface area contributed by atoms with Gasteiger partial charge in [-0.1, -0.05) is 0 Å². The summed E-state index contributed by atoms with van der Waals surface area (Å²) in [6.45, 7) is 1.87. The van der Waals surface area contributed by atoms with Crippen molar-refractivity contribution in [2.75, 3.05) is 12.4 Å². The number of aromatic nitrogens is 2. The van der Waals surface area contributed by atoms with Gasteiger partial charge in [-0.25, -0.2) is 4.79 Å². The minimum Gasteiger partial charge on any atom is -0.341 e. The molecule has 5 nitrogen and oxygen atoms in total. The summed E-state index contributed by atoms with van der Waals surface area (Å²) in [5, 5.41) is 9.16. The Morgan fingerprint density at radius 1 is 1.67 bits per heavy atom. The molecule has 0 aliphatic rings. The van der Waals surface area contributed by atoms with Gasteiger partial charge in [0.1, 0.15) is 5.82 Å². The van der Waals surface area contributed by atoms with E-state index in [0.717, 1.165) is 5.69 Å². The largest absolute Gasteiger partial charge is 0.341 e. The molecular weight excluding hydrogens is 156 g/mol. The van der Waals surface area contributed by atoms with Crippen LogP contribution in [0, 0.1) is 6.92 Å². The molecular formula is C7H12N4O. The van der Waals surface area contributed by atoms with Gasteiger partial charge in [-0.15, -0.1) is 0 Å². The van der Waals surface area contributed by atoms with Crippen LogP contribution < -0.4 is 10.6 Å². The lowest BCUT2D eigenvalue weighted by molar-refractivity contribution is 0.253. The molecule has 2 amide bonds. The van der Waals surface area contributed by atoms with Gasteiger partial charge in [0.25, 0.3) is 0 Å². The van der Waals surface area contributed by atoms with Crippen LogP contribution in [0.3, 0.4) is 0 Å². The maximum Gasteiger partial charge on any atom is 0.320 e. The molecule has 0 fully saturated rings. The predicted molar refractivity (Wildman–Crippen MR) is 46.0 cm³/mol. The number of nitrogens with zero attached hydrogens (tertiary/aromatic N) is 2. The predicted octanol–water partition coefficient (Wildman–Crippen LogP) is 0.480. The zero-order chi connectivity index (χ0) is 9.14. The number of hydrogen-bond acceptors (Lipinski definition) is 2. The highest BCUT2D eigenvalue weighted by atomic mass is 16.2. The number of rotatable bonds is 1. The Morgan fingerprint density at radius 3 is 2.75 bits per heavy atom. The number of carbonyl (C=O) groups is 1. The second kappa shape index (κ2) is 3.25. The molecule has 1 rings (SSSR count). The summed E-state index contributed by atoms with van der Waals surface area (Å²) in [6, 6.07) is 1.56. The minimum atomic E-state index is -0.238. The Morgan fingerprint density at radius 2 is 2.33 bits per heavy atom. The molecule has 5 heteroatoms. The molecule has 0 aromatic carbocycles. The van der Waals surface area contributed by atoms with Gasteiger partial charge >= 0.3 is 6.03 Å². The summed E-state index contributed by atoms with van der Waals surface area (Å²) >= 11 is 0. The van der Waals surface area contributed by atoms with Crippen molar-refractivity contribution < 1.29 is 4.79 Å². The quantitative estimate of drug-likeness (QED) is 0.640. The number of amides is 2. The van der Waals surface area contributed by atoms with E-state index >= 15 is 0 Å². The molecule has 0 bridgehead atoms. The van der Waals surface area contributed by atoms with Gasteiger partial charge in [0.2, 0.25) is 0 Å². The maximum absolute atomic E-state index is 10.9. The highest BCUT2D eigenvalue weighted by molar-refractivity contribution is 5.88. The van der Waals surface area contributed by atoms with Gasteiger partial charge < -0.3 is 5.32 Å². The lowest BCUT2D eigenvalue weighted by Gasteiger charge is -2.02. The Bertz CT molecular complexity index is 292. The van der Waals surface area contributed by atoms with Gasteiger partial charge in [-0.05, 0) is 6.92 Å². The second-order valence-corrected chi connectivity index (χ2v) is 2.50. The molecule has 0 spiro atoms. The van der Waals surface area contributed by atoms with Crippen LogP contribution in [-0.4, -0.2) is 22.9 Å². The molecule has 0 saturated carbocycles. The first kappa shape index (κ1) is 8.58. The van der Waals surface area contributed by atoms with Crippen molar-refractivity contribution in [3.8, 4) is 0 Å². The standard InChI is InChI=1S/C7H12N4O/c1-5-4-6(11(3)10-5)9-7(12)8-2/h4H,1-3H3,(H2,8,9,12). The fourth-order valence-corrected chi connectivity index (χ4v) is 0.906. The topological polar surface area (TPSA) is 59.0 Å². The smallest absolute Gasteiger partial charge is 0.320 e. The van der Waals surface area contributed by atoms with Crippen LogP contribution in [0.2, 0.25) is 0 Å². The molecule has 12 heavy (non-hydrogen) atoms. The SMILES string of the molecule is CNC(=O)Nc1cc(C)nn1C. The van der Waals surface area contributed by atoms with Crippen molar-refractivity contribution in [3.05, 3.63) is 11.8 Å². The molecule has 66 valence electrons. The van der Waals surface area contributed by atoms with Gasteiger partial charge in [0.15, 0.2) is 0 Å². The van der Waals surface area contributed by atoms with Crippen molar-refractivity contribution in [1.29, 1.82) is 0 Å². The first-order valence-corrected chi connectivity index (χ1v) is 3.63. The van der Waals surface area contributed by atoms with E-state index in [2.05, 4.69) is 15.7 Å². The number of aryl methyl sites for hydroxylation is 2. The Hall–Kier alpha value is -1.52. The molecule has 1 heterocycles. The fourth-order valence-electron chi connectivity index (χ4n) is 0.906. The van der Waals surface area contributed by atoms with E-state index in [-0.39, 0.29) is 6.03 Å². The highest BCUT2D eigenvalue weighted by Crippen LogP contribution is 2.06. The van der Waals surface area contributed by atoms with Crippen LogP contribution in [-0.2, 0) is 7.05 Å². The van der Waals surface area contributed by atoms with E-state index in [1.807, 2.05) is 6.92 Å². The molecule has 0 aliphatic heterocycles. The van der Waals surface area contributed by atoms with Gasteiger partial charge in [-0.3, -0.25) is 10.00 Å². The van der Waals surface area contributed by atoms with E-state index in [0.29, 0.717) is 5.82 Å². The lowest BCUT2D eigenvalue weighted by Crippen LogP contribution is -2.25.